The third kappa shape index (κ3) is 5.75. The molecule has 4 aliphatic rings. The van der Waals surface area contributed by atoms with Crippen LogP contribution in [0.1, 0.15) is 44.5 Å². The number of aromatic nitrogens is 2. The minimum absolute atomic E-state index is 0.773. The molecule has 0 amide bonds. The largest absolute Gasteiger partial charge is 0.378 e. The molecule has 4 aromatic rings. The van der Waals surface area contributed by atoms with Crippen molar-refractivity contribution in [1.82, 2.24) is 9.97 Å². The van der Waals surface area contributed by atoms with E-state index in [1.807, 2.05) is 12.4 Å². The highest BCUT2D eigenvalue weighted by Gasteiger charge is 2.22. The summed E-state index contributed by atoms with van der Waals surface area (Å²) in [7, 11) is 0. The average molecular weight is 587 g/mol. The smallest absolute Gasteiger partial charge is 0.129 e. The second-order valence-electron chi connectivity index (χ2n) is 11.5. The van der Waals surface area contributed by atoms with Crippen LogP contribution in [0, 0.1) is 13.8 Å². The fourth-order valence-corrected chi connectivity index (χ4v) is 6.31. The molecule has 44 heavy (non-hydrogen) atoms. The van der Waals surface area contributed by atoms with Crippen LogP contribution in [-0.4, -0.2) is 74.0 Å². The third-order valence-corrected chi connectivity index (χ3v) is 8.83. The molecular weight excluding hydrogens is 548 g/mol. The minimum atomic E-state index is 0.773. The first kappa shape index (κ1) is 28.4. The molecule has 224 valence electrons. The average Bonchev–Trinajstić information content (AvgIpc) is 3.73. The molecule has 8 heteroatoms. The summed E-state index contributed by atoms with van der Waals surface area (Å²) in [6.07, 6.45) is 3.77. The first-order chi connectivity index (χ1) is 21.7. The maximum atomic E-state index is 5.42. The molecule has 0 radical (unpaired) electrons. The van der Waals surface area contributed by atoms with E-state index >= 15 is 0 Å². The first-order valence-corrected chi connectivity index (χ1v) is 15.5. The molecule has 8 rings (SSSR count). The van der Waals surface area contributed by atoms with E-state index in [9.17, 15) is 0 Å². The Morgan fingerprint density at radius 3 is 1.43 bits per heavy atom. The maximum Gasteiger partial charge on any atom is 0.129 e. The van der Waals surface area contributed by atoms with Crippen LogP contribution in [0.3, 0.4) is 0 Å². The van der Waals surface area contributed by atoms with E-state index in [0.29, 0.717) is 0 Å². The van der Waals surface area contributed by atoms with E-state index in [0.717, 1.165) is 99.9 Å². The fraction of sp³-hybridized carbons (Fsp3) is 0.333. The van der Waals surface area contributed by atoms with Gasteiger partial charge >= 0.3 is 0 Å². The van der Waals surface area contributed by atoms with Crippen LogP contribution in [-0.2, 0) is 22.6 Å². The zero-order chi connectivity index (χ0) is 29.9. The van der Waals surface area contributed by atoms with Crippen LogP contribution >= 0.6 is 0 Å². The molecular formula is C36H38N6O2. The summed E-state index contributed by atoms with van der Waals surface area (Å²) in [5.41, 5.74) is 12.4. The van der Waals surface area contributed by atoms with Crippen molar-refractivity contribution in [3.63, 3.8) is 0 Å². The normalized spacial score (nSPS) is 17.3. The van der Waals surface area contributed by atoms with Crippen LogP contribution in [0.5, 0.6) is 0 Å². The van der Waals surface area contributed by atoms with Gasteiger partial charge in [-0.15, -0.1) is 0 Å². The predicted octanol–water partition coefficient (Wildman–Crippen LogP) is 5.16. The van der Waals surface area contributed by atoms with Crippen molar-refractivity contribution >= 4 is 23.1 Å². The van der Waals surface area contributed by atoms with E-state index in [4.69, 9.17) is 19.5 Å². The molecule has 0 bridgehead atoms. The molecule has 0 aliphatic carbocycles. The van der Waals surface area contributed by atoms with Crippen LogP contribution in [0.25, 0.3) is 0 Å². The van der Waals surface area contributed by atoms with Crippen molar-refractivity contribution in [3.05, 3.63) is 118 Å². The molecule has 8 nitrogen and oxygen atoms in total. The van der Waals surface area contributed by atoms with Crippen molar-refractivity contribution < 1.29 is 9.47 Å². The number of pyridine rings is 2. The van der Waals surface area contributed by atoms with Crippen LogP contribution in [0.2, 0.25) is 0 Å². The molecule has 0 unspecified atom stereocenters. The third-order valence-electron chi connectivity index (χ3n) is 8.83. The van der Waals surface area contributed by atoms with E-state index in [1.54, 1.807) is 0 Å². The zero-order valence-electron chi connectivity index (χ0n) is 25.5. The van der Waals surface area contributed by atoms with Crippen molar-refractivity contribution in [1.29, 1.82) is 0 Å². The Morgan fingerprint density at radius 1 is 0.568 bits per heavy atom. The van der Waals surface area contributed by atoms with Gasteiger partial charge in [0.25, 0.3) is 0 Å². The predicted molar refractivity (Wildman–Crippen MR) is 176 cm³/mol. The number of aryl methyl sites for hydroxylation is 2. The lowest BCUT2D eigenvalue weighted by Gasteiger charge is -2.28. The van der Waals surface area contributed by atoms with Crippen molar-refractivity contribution in [3.8, 4) is 0 Å². The Hall–Kier alpha value is -4.40. The monoisotopic (exact) mass is 586 g/mol. The summed E-state index contributed by atoms with van der Waals surface area (Å²) < 4.78 is 10.8. The lowest BCUT2D eigenvalue weighted by atomic mass is 9.97. The topological polar surface area (TPSA) is 75.4 Å². The number of benzene rings is 2. The van der Waals surface area contributed by atoms with E-state index in [2.05, 4.69) is 94.3 Å². The van der Waals surface area contributed by atoms with Gasteiger partial charge in [-0.1, -0.05) is 36.4 Å². The van der Waals surface area contributed by atoms with Gasteiger partial charge in [0.1, 0.15) is 11.6 Å². The van der Waals surface area contributed by atoms with E-state index < -0.39 is 0 Å². The molecule has 6 heterocycles. The lowest BCUT2D eigenvalue weighted by molar-refractivity contribution is 0.122. The Labute approximate surface area is 259 Å². The minimum Gasteiger partial charge on any atom is -0.378 e. The number of hydrogen-bond acceptors (Lipinski definition) is 8. The fourth-order valence-electron chi connectivity index (χ4n) is 6.31. The molecule has 4 aliphatic heterocycles. The highest BCUT2D eigenvalue weighted by molar-refractivity contribution is 6.16. The molecule has 0 spiro atoms. The number of hydrogen-bond donors (Lipinski definition) is 0. The molecule has 2 aromatic carbocycles. The van der Waals surface area contributed by atoms with Gasteiger partial charge in [-0.25, -0.2) is 9.97 Å². The first-order valence-electron chi connectivity index (χ1n) is 15.5. The van der Waals surface area contributed by atoms with Crippen molar-refractivity contribution in [2.75, 3.05) is 62.4 Å². The summed E-state index contributed by atoms with van der Waals surface area (Å²) in [4.78, 5) is 23.1. The van der Waals surface area contributed by atoms with Gasteiger partial charge in [0.2, 0.25) is 0 Å². The number of nitrogens with zero attached hydrogens (tertiary/aromatic N) is 6. The van der Waals surface area contributed by atoms with Gasteiger partial charge in [0.05, 0.1) is 50.9 Å². The quantitative estimate of drug-likeness (QED) is 0.329. The molecule has 2 saturated heterocycles. The molecule has 0 atom stereocenters. The SMILES string of the molecule is Cc1cccc2c1CN=C2c1ccnc(N2CCOCC2)c1.Cc1cccc2c1CN=C2c1ccnc(N2CCOCC2)c1. The number of ether oxygens (including phenoxy) is 2. The standard InChI is InChI=1S/2C18H19N3O/c2*1-13-3-2-4-15-16(13)12-20-18(15)14-5-6-19-17(11-14)21-7-9-22-10-8-21/h2*2-6,11H,7-10,12H2,1H3. The van der Waals surface area contributed by atoms with Gasteiger partial charge < -0.3 is 19.3 Å². The summed E-state index contributed by atoms with van der Waals surface area (Å²) in [5.74, 6) is 2.04. The van der Waals surface area contributed by atoms with Gasteiger partial charge in [-0.05, 0) is 60.4 Å². The highest BCUT2D eigenvalue weighted by atomic mass is 16.5. The molecule has 0 N–H and O–H groups in total. The second kappa shape index (κ2) is 12.7. The Kier molecular flexibility index (Phi) is 8.18. The number of fused-ring (bicyclic) bond motifs is 2. The Morgan fingerprint density at radius 2 is 1.00 bits per heavy atom. The van der Waals surface area contributed by atoms with Crippen molar-refractivity contribution in [2.45, 2.75) is 26.9 Å². The van der Waals surface area contributed by atoms with Gasteiger partial charge in [0, 0.05) is 60.8 Å². The Bertz CT molecular complexity index is 1590. The molecule has 2 fully saturated rings. The molecule has 0 saturated carbocycles. The highest BCUT2D eigenvalue weighted by Crippen LogP contribution is 2.28. The van der Waals surface area contributed by atoms with Gasteiger partial charge in [-0.3, -0.25) is 9.98 Å². The second-order valence-corrected chi connectivity index (χ2v) is 11.5. The van der Waals surface area contributed by atoms with Crippen LogP contribution in [0.15, 0.2) is 83.0 Å². The summed E-state index contributed by atoms with van der Waals surface area (Å²) in [6, 6.07) is 21.3. The lowest BCUT2D eigenvalue weighted by Crippen LogP contribution is -2.36. The van der Waals surface area contributed by atoms with E-state index in [1.165, 1.54) is 33.4 Å². The zero-order valence-corrected chi connectivity index (χ0v) is 25.5. The van der Waals surface area contributed by atoms with Crippen LogP contribution < -0.4 is 9.80 Å². The Balaban J connectivity index is 0.000000142. The van der Waals surface area contributed by atoms with Gasteiger partial charge in [-0.2, -0.15) is 0 Å². The summed E-state index contributed by atoms with van der Waals surface area (Å²) in [5, 5.41) is 0. The summed E-state index contributed by atoms with van der Waals surface area (Å²) >= 11 is 0. The van der Waals surface area contributed by atoms with Gasteiger partial charge in [0.15, 0.2) is 0 Å². The summed E-state index contributed by atoms with van der Waals surface area (Å²) in [6.45, 7) is 12.6. The number of aliphatic imine (C=N–C) groups is 2. The van der Waals surface area contributed by atoms with Crippen molar-refractivity contribution in [2.24, 2.45) is 9.98 Å². The number of rotatable bonds is 4. The number of anilines is 2. The number of morpholine rings is 2. The molecule has 2 aromatic heterocycles. The van der Waals surface area contributed by atoms with E-state index in [-0.39, 0.29) is 0 Å². The van der Waals surface area contributed by atoms with Crippen LogP contribution in [0.4, 0.5) is 11.6 Å². The maximum absolute atomic E-state index is 5.42.